The van der Waals surface area contributed by atoms with Crippen molar-refractivity contribution in [3.63, 3.8) is 0 Å². The van der Waals surface area contributed by atoms with Gasteiger partial charge in [0.15, 0.2) is 0 Å². The van der Waals surface area contributed by atoms with Gasteiger partial charge in [-0.2, -0.15) is 0 Å². The lowest BCUT2D eigenvalue weighted by Crippen LogP contribution is -2.27. The largest absolute Gasteiger partial charge is 0.457 e. The standard InChI is InChI=1S/C27H29N3O2/c31-18-20-6-10-22(11-7-20)30-25-14-15-28-27-26(25)21(17-29-27)16-19-8-12-24(13-9-19)32-23-4-2-1-3-5-23/h1-5,8-9,12-15,17,20,22,31H,6-7,10-11,16,18H2,(H2,28,29,30)/t20-,22+. The van der Waals surface area contributed by atoms with Crippen LogP contribution in [-0.4, -0.2) is 27.7 Å². The molecule has 0 radical (unpaired) electrons. The number of nitrogens with zero attached hydrogens (tertiary/aromatic N) is 1. The van der Waals surface area contributed by atoms with Crippen molar-refractivity contribution in [2.75, 3.05) is 11.9 Å². The van der Waals surface area contributed by atoms with E-state index in [0.29, 0.717) is 18.6 Å². The number of hydrogen-bond donors (Lipinski definition) is 3. The third-order valence-electron chi connectivity index (χ3n) is 6.42. The van der Waals surface area contributed by atoms with Crippen LogP contribution >= 0.6 is 0 Å². The molecule has 0 saturated heterocycles. The van der Waals surface area contributed by atoms with Crippen LogP contribution in [0.1, 0.15) is 36.8 Å². The number of fused-ring (bicyclic) bond motifs is 1. The second kappa shape index (κ2) is 9.45. The molecule has 5 heteroatoms. The van der Waals surface area contributed by atoms with E-state index in [9.17, 15) is 5.11 Å². The van der Waals surface area contributed by atoms with E-state index in [2.05, 4.69) is 39.7 Å². The number of rotatable bonds is 7. The Morgan fingerprint density at radius 3 is 2.44 bits per heavy atom. The topological polar surface area (TPSA) is 70.2 Å². The zero-order valence-corrected chi connectivity index (χ0v) is 18.1. The minimum Gasteiger partial charge on any atom is -0.457 e. The first-order valence-electron chi connectivity index (χ1n) is 11.4. The first-order chi connectivity index (χ1) is 15.8. The number of hydrogen-bond acceptors (Lipinski definition) is 4. The number of para-hydroxylation sites is 1. The highest BCUT2D eigenvalue weighted by Gasteiger charge is 2.21. The number of aliphatic hydroxyl groups excluding tert-OH is 1. The van der Waals surface area contributed by atoms with Crippen molar-refractivity contribution in [2.45, 2.75) is 38.1 Å². The smallest absolute Gasteiger partial charge is 0.139 e. The zero-order valence-electron chi connectivity index (χ0n) is 18.1. The second-order valence-electron chi connectivity index (χ2n) is 8.68. The summed E-state index contributed by atoms with van der Waals surface area (Å²) in [4.78, 5) is 7.87. The van der Waals surface area contributed by atoms with Gasteiger partial charge in [0.2, 0.25) is 0 Å². The van der Waals surface area contributed by atoms with E-state index >= 15 is 0 Å². The molecule has 0 amide bonds. The number of pyridine rings is 1. The van der Waals surface area contributed by atoms with E-state index in [0.717, 1.165) is 54.9 Å². The predicted molar refractivity (Wildman–Crippen MR) is 128 cm³/mol. The first-order valence-corrected chi connectivity index (χ1v) is 11.4. The fourth-order valence-electron chi connectivity index (χ4n) is 4.61. The molecule has 2 heterocycles. The number of anilines is 1. The monoisotopic (exact) mass is 427 g/mol. The van der Waals surface area contributed by atoms with Gasteiger partial charge in [0, 0.05) is 36.1 Å². The first kappa shape index (κ1) is 20.6. The highest BCUT2D eigenvalue weighted by atomic mass is 16.5. The summed E-state index contributed by atoms with van der Waals surface area (Å²) >= 11 is 0. The molecule has 0 bridgehead atoms. The van der Waals surface area contributed by atoms with Crippen molar-refractivity contribution in [3.05, 3.63) is 84.2 Å². The molecule has 4 aromatic rings. The van der Waals surface area contributed by atoms with Crippen LogP contribution in [0.15, 0.2) is 73.1 Å². The Labute approximate surface area is 188 Å². The van der Waals surface area contributed by atoms with E-state index in [1.807, 2.05) is 48.7 Å². The van der Waals surface area contributed by atoms with E-state index in [4.69, 9.17) is 4.74 Å². The van der Waals surface area contributed by atoms with Crippen LogP contribution in [0.5, 0.6) is 11.5 Å². The molecule has 5 nitrogen and oxygen atoms in total. The summed E-state index contributed by atoms with van der Waals surface area (Å²) in [6.07, 6.45) is 9.11. The normalized spacial score (nSPS) is 18.5. The summed E-state index contributed by atoms with van der Waals surface area (Å²) in [7, 11) is 0. The summed E-state index contributed by atoms with van der Waals surface area (Å²) in [6, 6.07) is 20.6. The highest BCUT2D eigenvalue weighted by Crippen LogP contribution is 2.32. The van der Waals surface area contributed by atoms with Crippen LogP contribution in [0.4, 0.5) is 5.69 Å². The van der Waals surface area contributed by atoms with Gasteiger partial charge in [0.05, 0.1) is 0 Å². The fourth-order valence-corrected chi connectivity index (χ4v) is 4.61. The summed E-state index contributed by atoms with van der Waals surface area (Å²) < 4.78 is 5.92. The van der Waals surface area contributed by atoms with Gasteiger partial charge in [0.1, 0.15) is 17.1 Å². The van der Waals surface area contributed by atoms with Crippen LogP contribution in [0.3, 0.4) is 0 Å². The molecule has 1 fully saturated rings. The SMILES string of the molecule is OC[C@H]1CC[C@@H](Nc2ccnc3[nH]cc(Cc4ccc(Oc5ccccc5)cc4)c23)CC1. The number of aromatic nitrogens is 2. The molecule has 0 spiro atoms. The minimum atomic E-state index is 0.309. The summed E-state index contributed by atoms with van der Waals surface area (Å²) in [5.41, 5.74) is 4.52. The van der Waals surface area contributed by atoms with Gasteiger partial charge in [-0.15, -0.1) is 0 Å². The molecule has 0 unspecified atom stereocenters. The van der Waals surface area contributed by atoms with E-state index in [-0.39, 0.29) is 0 Å². The van der Waals surface area contributed by atoms with Gasteiger partial charge in [-0.05, 0) is 79.5 Å². The molecule has 3 N–H and O–H groups in total. The number of aliphatic hydroxyl groups is 1. The van der Waals surface area contributed by atoms with Crippen LogP contribution in [0, 0.1) is 5.92 Å². The predicted octanol–water partition coefficient (Wildman–Crippen LogP) is 5.91. The molecule has 2 aromatic heterocycles. The maximum absolute atomic E-state index is 9.41. The maximum atomic E-state index is 9.41. The number of nitrogens with one attached hydrogen (secondary N) is 2. The number of aromatic amines is 1. The van der Waals surface area contributed by atoms with Gasteiger partial charge < -0.3 is 20.1 Å². The minimum absolute atomic E-state index is 0.309. The summed E-state index contributed by atoms with van der Waals surface area (Å²) in [6.45, 7) is 0.309. The number of ether oxygens (including phenoxy) is 1. The lowest BCUT2D eigenvalue weighted by molar-refractivity contribution is 0.186. The van der Waals surface area contributed by atoms with Crippen LogP contribution in [0.25, 0.3) is 11.0 Å². The summed E-state index contributed by atoms with van der Waals surface area (Å²) in [5, 5.41) is 14.3. The van der Waals surface area contributed by atoms with Crippen molar-refractivity contribution in [3.8, 4) is 11.5 Å². The van der Waals surface area contributed by atoms with Gasteiger partial charge >= 0.3 is 0 Å². The lowest BCUT2D eigenvalue weighted by Gasteiger charge is -2.29. The van der Waals surface area contributed by atoms with Crippen molar-refractivity contribution in [1.29, 1.82) is 0 Å². The van der Waals surface area contributed by atoms with Crippen molar-refractivity contribution >= 4 is 16.7 Å². The molecule has 1 aliphatic carbocycles. The Morgan fingerprint density at radius 2 is 1.69 bits per heavy atom. The molecule has 1 aliphatic rings. The molecule has 0 atom stereocenters. The average molecular weight is 428 g/mol. The van der Waals surface area contributed by atoms with Crippen molar-refractivity contribution < 1.29 is 9.84 Å². The molecule has 164 valence electrons. The van der Waals surface area contributed by atoms with E-state index < -0.39 is 0 Å². The second-order valence-corrected chi connectivity index (χ2v) is 8.68. The Balaban J connectivity index is 1.31. The molecular formula is C27H29N3O2. The quantitative estimate of drug-likeness (QED) is 0.343. The highest BCUT2D eigenvalue weighted by molar-refractivity contribution is 5.92. The third-order valence-corrected chi connectivity index (χ3v) is 6.42. The average Bonchev–Trinajstić information content (AvgIpc) is 3.25. The zero-order chi connectivity index (χ0) is 21.8. The van der Waals surface area contributed by atoms with Gasteiger partial charge in [0.25, 0.3) is 0 Å². The molecular weight excluding hydrogens is 398 g/mol. The van der Waals surface area contributed by atoms with Gasteiger partial charge in [-0.1, -0.05) is 30.3 Å². The molecule has 1 saturated carbocycles. The van der Waals surface area contributed by atoms with E-state index in [1.165, 1.54) is 16.5 Å². The van der Waals surface area contributed by atoms with Crippen molar-refractivity contribution in [1.82, 2.24) is 9.97 Å². The van der Waals surface area contributed by atoms with Gasteiger partial charge in [-0.3, -0.25) is 0 Å². The Kier molecular flexibility index (Phi) is 6.08. The molecule has 32 heavy (non-hydrogen) atoms. The van der Waals surface area contributed by atoms with Crippen molar-refractivity contribution in [2.24, 2.45) is 5.92 Å². The van der Waals surface area contributed by atoms with Crippen LogP contribution in [0.2, 0.25) is 0 Å². The fraction of sp³-hybridized carbons (Fsp3) is 0.296. The molecule has 0 aliphatic heterocycles. The van der Waals surface area contributed by atoms with E-state index in [1.54, 1.807) is 0 Å². The number of H-pyrrole nitrogens is 1. The number of benzene rings is 2. The third kappa shape index (κ3) is 4.63. The molecule has 5 rings (SSSR count). The Bertz CT molecular complexity index is 1150. The molecule has 2 aromatic carbocycles. The Morgan fingerprint density at radius 1 is 0.938 bits per heavy atom. The van der Waals surface area contributed by atoms with Crippen LogP contribution in [-0.2, 0) is 6.42 Å². The lowest BCUT2D eigenvalue weighted by atomic mass is 9.86. The maximum Gasteiger partial charge on any atom is 0.139 e. The van der Waals surface area contributed by atoms with Gasteiger partial charge in [-0.25, -0.2) is 4.98 Å². The van der Waals surface area contributed by atoms with Crippen LogP contribution < -0.4 is 10.1 Å². The summed E-state index contributed by atoms with van der Waals surface area (Å²) in [5.74, 6) is 2.13. The Hall–Kier alpha value is -3.31.